The lowest BCUT2D eigenvalue weighted by Gasteiger charge is -2.54. The Morgan fingerprint density at radius 3 is 2.65 bits per heavy atom. The summed E-state index contributed by atoms with van der Waals surface area (Å²) in [5, 5.41) is 9.62. The molecule has 1 N–H and O–H groups in total. The van der Waals surface area contributed by atoms with Crippen molar-refractivity contribution in [2.75, 3.05) is 6.61 Å². The number of carbonyl (C=O) groups excluding carboxylic acids is 1. The Balaban J connectivity index is 1.93. The van der Waals surface area contributed by atoms with Gasteiger partial charge in [0, 0.05) is 30.5 Å². The summed E-state index contributed by atoms with van der Waals surface area (Å²) in [6.45, 7) is 0.260. The van der Waals surface area contributed by atoms with Crippen LogP contribution in [0.1, 0.15) is 57.8 Å². The molecule has 17 heavy (non-hydrogen) atoms. The third kappa shape index (κ3) is 1.62. The number of carbonyl (C=O) groups is 1. The fourth-order valence-corrected chi connectivity index (χ4v) is 4.63. The van der Waals surface area contributed by atoms with E-state index in [1.54, 1.807) is 0 Å². The Kier molecular flexibility index (Phi) is 2.89. The highest BCUT2D eigenvalue weighted by molar-refractivity contribution is 5.78. The highest BCUT2D eigenvalue weighted by Crippen LogP contribution is 2.49. The van der Waals surface area contributed by atoms with Crippen molar-refractivity contribution in [1.29, 1.82) is 0 Å². The lowest BCUT2D eigenvalue weighted by atomic mass is 9.74. The zero-order valence-corrected chi connectivity index (χ0v) is 10.5. The van der Waals surface area contributed by atoms with Crippen molar-refractivity contribution in [3.63, 3.8) is 0 Å². The van der Waals surface area contributed by atoms with Gasteiger partial charge in [-0.15, -0.1) is 0 Å². The average Bonchev–Trinajstić information content (AvgIpc) is 2.73. The second-order valence-corrected chi connectivity index (χ2v) is 6.08. The summed E-state index contributed by atoms with van der Waals surface area (Å²) < 4.78 is 0. The molecular weight excluding hydrogens is 214 g/mol. The van der Waals surface area contributed by atoms with E-state index >= 15 is 0 Å². The standard InChI is InChI=1S/C14H23NO2/c16-10-11-4-2-8-14(11)9-3-6-12-5-1-7-13(17)15(12)14/h11-12,16H,1-10H2/t11-,12+,14+/m1/s1. The molecule has 0 radical (unpaired) electrons. The van der Waals surface area contributed by atoms with Crippen LogP contribution >= 0.6 is 0 Å². The van der Waals surface area contributed by atoms with E-state index in [4.69, 9.17) is 0 Å². The number of amides is 1. The molecule has 3 nitrogen and oxygen atoms in total. The van der Waals surface area contributed by atoms with Gasteiger partial charge < -0.3 is 10.0 Å². The number of piperidine rings is 2. The molecule has 1 saturated carbocycles. The van der Waals surface area contributed by atoms with E-state index in [0.717, 1.165) is 32.1 Å². The van der Waals surface area contributed by atoms with Crippen LogP contribution < -0.4 is 0 Å². The second-order valence-electron chi connectivity index (χ2n) is 6.08. The Morgan fingerprint density at radius 1 is 1.18 bits per heavy atom. The Labute approximate surface area is 103 Å². The van der Waals surface area contributed by atoms with E-state index in [2.05, 4.69) is 4.90 Å². The fourth-order valence-electron chi connectivity index (χ4n) is 4.63. The maximum absolute atomic E-state index is 12.3. The molecule has 0 aromatic carbocycles. The molecular formula is C14H23NO2. The minimum absolute atomic E-state index is 0.0369. The fraction of sp³-hybridized carbons (Fsp3) is 0.929. The maximum atomic E-state index is 12.3. The van der Waals surface area contributed by atoms with Crippen LogP contribution in [-0.4, -0.2) is 34.1 Å². The smallest absolute Gasteiger partial charge is 0.223 e. The first-order valence-electron chi connectivity index (χ1n) is 7.21. The van der Waals surface area contributed by atoms with Crippen LogP contribution in [0.15, 0.2) is 0 Å². The molecule has 3 fully saturated rings. The zero-order chi connectivity index (χ0) is 11.9. The molecule has 2 aliphatic heterocycles. The molecule has 0 bridgehead atoms. The normalized spacial score (nSPS) is 41.9. The lowest BCUT2D eigenvalue weighted by molar-refractivity contribution is -0.153. The molecule has 1 amide bonds. The number of hydrogen-bond donors (Lipinski definition) is 1. The quantitative estimate of drug-likeness (QED) is 0.758. The van der Waals surface area contributed by atoms with Crippen molar-refractivity contribution >= 4 is 5.91 Å². The van der Waals surface area contributed by atoms with Crippen LogP contribution in [0.5, 0.6) is 0 Å². The highest BCUT2D eigenvalue weighted by atomic mass is 16.3. The van der Waals surface area contributed by atoms with Crippen LogP contribution in [0.3, 0.4) is 0 Å². The largest absolute Gasteiger partial charge is 0.396 e. The summed E-state index contributed by atoms with van der Waals surface area (Å²) in [6.07, 6.45) is 9.95. The number of nitrogens with zero attached hydrogens (tertiary/aromatic N) is 1. The average molecular weight is 237 g/mol. The van der Waals surface area contributed by atoms with Crippen LogP contribution in [-0.2, 0) is 4.79 Å². The van der Waals surface area contributed by atoms with Gasteiger partial charge in [0.05, 0.1) is 0 Å². The molecule has 2 heterocycles. The topological polar surface area (TPSA) is 40.5 Å². The highest BCUT2D eigenvalue weighted by Gasteiger charge is 2.53. The number of hydrogen-bond acceptors (Lipinski definition) is 2. The van der Waals surface area contributed by atoms with Gasteiger partial charge in [-0.05, 0) is 44.9 Å². The zero-order valence-electron chi connectivity index (χ0n) is 10.5. The lowest BCUT2D eigenvalue weighted by Crippen LogP contribution is -2.62. The van der Waals surface area contributed by atoms with E-state index in [-0.39, 0.29) is 12.1 Å². The molecule has 3 aliphatic rings. The molecule has 1 spiro atoms. The van der Waals surface area contributed by atoms with Gasteiger partial charge in [0.15, 0.2) is 0 Å². The third-order valence-corrected chi connectivity index (χ3v) is 5.33. The van der Waals surface area contributed by atoms with E-state index < -0.39 is 0 Å². The van der Waals surface area contributed by atoms with Crippen LogP contribution in [0.2, 0.25) is 0 Å². The van der Waals surface area contributed by atoms with Gasteiger partial charge in [0.25, 0.3) is 0 Å². The van der Waals surface area contributed by atoms with Crippen molar-refractivity contribution < 1.29 is 9.90 Å². The molecule has 1 aliphatic carbocycles. The van der Waals surface area contributed by atoms with Crippen LogP contribution in [0.25, 0.3) is 0 Å². The Bertz CT molecular complexity index is 315. The first kappa shape index (κ1) is 11.5. The number of fused-ring (bicyclic) bond motifs is 2. The summed E-state index contributed by atoms with van der Waals surface area (Å²) in [6, 6.07) is 0.483. The first-order valence-corrected chi connectivity index (χ1v) is 7.21. The van der Waals surface area contributed by atoms with Crippen LogP contribution in [0, 0.1) is 5.92 Å². The van der Waals surface area contributed by atoms with Gasteiger partial charge in [-0.3, -0.25) is 4.79 Å². The van der Waals surface area contributed by atoms with Crippen molar-refractivity contribution in [3.05, 3.63) is 0 Å². The van der Waals surface area contributed by atoms with E-state index in [1.807, 2.05) is 0 Å². The summed E-state index contributed by atoms with van der Waals surface area (Å²) in [7, 11) is 0. The van der Waals surface area contributed by atoms with E-state index in [0.29, 0.717) is 17.9 Å². The number of aliphatic hydroxyl groups is 1. The molecule has 0 unspecified atom stereocenters. The minimum atomic E-state index is 0.0369. The van der Waals surface area contributed by atoms with Crippen molar-refractivity contribution in [2.45, 2.75) is 69.4 Å². The third-order valence-electron chi connectivity index (χ3n) is 5.33. The molecule has 0 aromatic heterocycles. The van der Waals surface area contributed by atoms with Gasteiger partial charge in [0.1, 0.15) is 0 Å². The molecule has 3 heteroatoms. The Hall–Kier alpha value is -0.570. The SMILES string of the molecule is O=C1CCC[C@H]2CCC[C@]3(CCC[C@@H]3CO)N12. The molecule has 3 rings (SSSR count). The van der Waals surface area contributed by atoms with Gasteiger partial charge in [-0.1, -0.05) is 6.42 Å². The minimum Gasteiger partial charge on any atom is -0.396 e. The monoisotopic (exact) mass is 237 g/mol. The van der Waals surface area contributed by atoms with E-state index in [1.165, 1.54) is 25.7 Å². The number of rotatable bonds is 1. The van der Waals surface area contributed by atoms with Crippen molar-refractivity contribution in [3.8, 4) is 0 Å². The van der Waals surface area contributed by atoms with Crippen molar-refractivity contribution in [2.24, 2.45) is 5.92 Å². The first-order chi connectivity index (χ1) is 8.28. The van der Waals surface area contributed by atoms with Gasteiger partial charge in [0.2, 0.25) is 5.91 Å². The predicted octanol–water partition coefficient (Wildman–Crippen LogP) is 2.08. The van der Waals surface area contributed by atoms with Crippen molar-refractivity contribution in [1.82, 2.24) is 4.90 Å². The molecule has 2 saturated heterocycles. The molecule has 96 valence electrons. The summed E-state index contributed by atoms with van der Waals surface area (Å²) >= 11 is 0. The second kappa shape index (κ2) is 4.27. The van der Waals surface area contributed by atoms with Gasteiger partial charge >= 0.3 is 0 Å². The Morgan fingerprint density at radius 2 is 1.88 bits per heavy atom. The molecule has 3 atom stereocenters. The summed E-state index contributed by atoms with van der Waals surface area (Å²) in [5.41, 5.74) is 0.0369. The van der Waals surface area contributed by atoms with Crippen LogP contribution in [0.4, 0.5) is 0 Å². The van der Waals surface area contributed by atoms with E-state index in [9.17, 15) is 9.90 Å². The maximum Gasteiger partial charge on any atom is 0.223 e. The predicted molar refractivity (Wildman–Crippen MR) is 65.5 cm³/mol. The summed E-state index contributed by atoms with van der Waals surface area (Å²) in [4.78, 5) is 14.5. The number of aliphatic hydroxyl groups excluding tert-OH is 1. The van der Waals surface area contributed by atoms with Gasteiger partial charge in [-0.2, -0.15) is 0 Å². The molecule has 0 aromatic rings. The van der Waals surface area contributed by atoms with Gasteiger partial charge in [-0.25, -0.2) is 0 Å². The summed E-state index contributed by atoms with van der Waals surface area (Å²) in [5.74, 6) is 0.702.